The molecule has 0 bridgehead atoms. The molecule has 0 heterocycles. The Kier molecular flexibility index (Phi) is 4.81. The zero-order chi connectivity index (χ0) is 14.0. The number of halogens is 3. The van der Waals surface area contributed by atoms with E-state index in [0.717, 1.165) is 13.6 Å². The summed E-state index contributed by atoms with van der Waals surface area (Å²) in [5, 5.41) is 0. The van der Waals surface area contributed by atoms with E-state index < -0.39 is 6.04 Å². The van der Waals surface area contributed by atoms with Crippen LogP contribution in [-0.2, 0) is 0 Å². The van der Waals surface area contributed by atoms with E-state index in [9.17, 15) is 4.39 Å². The molecule has 2 rings (SSSR count). The van der Waals surface area contributed by atoms with Crippen molar-refractivity contribution in [3.63, 3.8) is 0 Å². The van der Waals surface area contributed by atoms with Gasteiger partial charge in [-0.2, -0.15) is 0 Å². The van der Waals surface area contributed by atoms with Gasteiger partial charge < -0.3 is 10.5 Å². The molecule has 0 radical (unpaired) electrons. The average Bonchev–Trinajstić information content (AvgIpc) is 2.40. The van der Waals surface area contributed by atoms with E-state index in [4.69, 9.17) is 10.5 Å². The summed E-state index contributed by atoms with van der Waals surface area (Å²) < 4.78 is 20.6. The fourth-order valence-corrected chi connectivity index (χ4v) is 2.88. The third-order valence-electron chi connectivity index (χ3n) is 2.82. The smallest absolute Gasteiger partial charge is 0.124 e. The zero-order valence-corrected chi connectivity index (χ0v) is 13.9. The Morgan fingerprint density at radius 1 is 1.21 bits per heavy atom. The molecular weight excluding hydrogens is 424 g/mol. The largest absolute Gasteiger partial charge is 0.496 e. The van der Waals surface area contributed by atoms with E-state index >= 15 is 0 Å². The van der Waals surface area contributed by atoms with Crippen molar-refractivity contribution in [1.82, 2.24) is 0 Å². The van der Waals surface area contributed by atoms with Crippen LogP contribution in [-0.4, -0.2) is 7.11 Å². The molecule has 2 nitrogen and oxygen atoms in total. The molecule has 19 heavy (non-hydrogen) atoms. The van der Waals surface area contributed by atoms with Gasteiger partial charge in [-0.15, -0.1) is 0 Å². The number of hydrogen-bond donors (Lipinski definition) is 1. The van der Waals surface area contributed by atoms with Crippen LogP contribution in [0.25, 0.3) is 0 Å². The second-order valence-corrected chi connectivity index (χ2v) is 6.13. The lowest BCUT2D eigenvalue weighted by molar-refractivity contribution is 0.406. The van der Waals surface area contributed by atoms with Crippen LogP contribution in [0, 0.1) is 9.39 Å². The second kappa shape index (κ2) is 6.19. The first kappa shape index (κ1) is 14.7. The number of methoxy groups -OCH3 is 1. The number of nitrogens with two attached hydrogens (primary N) is 1. The molecular formula is C14H12BrFINO. The van der Waals surface area contributed by atoms with Gasteiger partial charge in [-0.3, -0.25) is 0 Å². The monoisotopic (exact) mass is 435 g/mol. The van der Waals surface area contributed by atoms with E-state index in [1.807, 2.05) is 18.2 Å². The topological polar surface area (TPSA) is 35.2 Å². The van der Waals surface area contributed by atoms with Crippen molar-refractivity contribution >= 4 is 38.5 Å². The molecule has 100 valence electrons. The standard InChI is InChI=1S/C14H12BrFINO/c1-19-13-5-2-8(16)6-11(13)14(18)10-7-9(17)3-4-12(10)15/h2-7,14H,18H2,1H3. The van der Waals surface area contributed by atoms with Gasteiger partial charge in [-0.25, -0.2) is 4.39 Å². The number of rotatable bonds is 3. The van der Waals surface area contributed by atoms with Crippen molar-refractivity contribution in [2.45, 2.75) is 6.04 Å². The van der Waals surface area contributed by atoms with Crippen LogP contribution in [0.1, 0.15) is 17.2 Å². The Labute approximate surface area is 133 Å². The number of hydrogen-bond acceptors (Lipinski definition) is 2. The van der Waals surface area contributed by atoms with Gasteiger partial charge in [0.2, 0.25) is 0 Å². The molecule has 2 aromatic carbocycles. The van der Waals surface area contributed by atoms with Crippen LogP contribution in [0.5, 0.6) is 5.75 Å². The maximum Gasteiger partial charge on any atom is 0.124 e. The van der Waals surface area contributed by atoms with E-state index in [-0.39, 0.29) is 5.82 Å². The van der Waals surface area contributed by atoms with Gasteiger partial charge in [0.15, 0.2) is 0 Å². The first-order valence-electron chi connectivity index (χ1n) is 5.57. The van der Waals surface area contributed by atoms with Crippen molar-refractivity contribution in [1.29, 1.82) is 0 Å². The minimum absolute atomic E-state index is 0.326. The Morgan fingerprint density at radius 2 is 1.95 bits per heavy atom. The minimum atomic E-state index is -0.449. The van der Waals surface area contributed by atoms with Gasteiger partial charge in [0.25, 0.3) is 0 Å². The van der Waals surface area contributed by atoms with Crippen molar-refractivity contribution in [2.75, 3.05) is 7.11 Å². The van der Waals surface area contributed by atoms with Gasteiger partial charge in [-0.05, 0) is 64.6 Å². The summed E-state index contributed by atoms with van der Waals surface area (Å²) in [7, 11) is 1.55. The molecule has 0 saturated heterocycles. The molecule has 0 amide bonds. The highest BCUT2D eigenvalue weighted by Crippen LogP contribution is 2.33. The molecule has 0 aliphatic rings. The van der Waals surface area contributed by atoms with Crippen LogP contribution in [0.15, 0.2) is 40.9 Å². The Hall–Kier alpha value is -0.660. The first-order chi connectivity index (χ1) is 9.02. The summed E-state index contributed by atoms with van der Waals surface area (Å²) in [5.74, 6) is 0.257. The minimum Gasteiger partial charge on any atom is -0.496 e. The Morgan fingerprint density at radius 3 is 2.63 bits per heavy atom. The summed E-state index contributed by atoms with van der Waals surface area (Å²) in [6, 6.07) is 9.79. The van der Waals surface area contributed by atoms with Crippen LogP contribution in [0.4, 0.5) is 4.39 Å². The van der Waals surface area contributed by atoms with Gasteiger partial charge in [0.05, 0.1) is 13.2 Å². The second-order valence-electron chi connectivity index (χ2n) is 4.03. The fraction of sp³-hybridized carbons (Fsp3) is 0.143. The Bertz CT molecular complexity index is 606. The van der Waals surface area contributed by atoms with Gasteiger partial charge in [0, 0.05) is 13.6 Å². The lowest BCUT2D eigenvalue weighted by atomic mass is 9.98. The lowest BCUT2D eigenvalue weighted by Crippen LogP contribution is -2.14. The first-order valence-corrected chi connectivity index (χ1v) is 7.44. The van der Waals surface area contributed by atoms with Crippen molar-refractivity contribution < 1.29 is 9.13 Å². The summed E-state index contributed by atoms with van der Waals surface area (Å²) >= 11 is 5.69. The third kappa shape index (κ3) is 3.27. The summed E-state index contributed by atoms with van der Waals surface area (Å²) in [6.07, 6.45) is 0. The predicted molar refractivity (Wildman–Crippen MR) is 85.8 cm³/mol. The van der Waals surface area contributed by atoms with Crippen molar-refractivity contribution in [2.24, 2.45) is 5.73 Å². The van der Waals surface area contributed by atoms with E-state index in [2.05, 4.69) is 38.5 Å². The van der Waals surface area contributed by atoms with Crippen LogP contribution in [0.2, 0.25) is 0 Å². The van der Waals surface area contributed by atoms with Crippen molar-refractivity contribution in [3.8, 4) is 5.75 Å². The predicted octanol–water partition coefficient (Wildman–Crippen LogP) is 4.25. The molecule has 0 spiro atoms. The lowest BCUT2D eigenvalue weighted by Gasteiger charge is -2.18. The molecule has 1 unspecified atom stereocenters. The Balaban J connectivity index is 2.51. The molecule has 2 aromatic rings. The van der Waals surface area contributed by atoms with E-state index in [1.54, 1.807) is 13.2 Å². The summed E-state index contributed by atoms with van der Waals surface area (Å²) in [4.78, 5) is 0. The van der Waals surface area contributed by atoms with Crippen LogP contribution < -0.4 is 10.5 Å². The summed E-state index contributed by atoms with van der Waals surface area (Å²) in [5.41, 5.74) is 7.78. The summed E-state index contributed by atoms with van der Waals surface area (Å²) in [6.45, 7) is 0. The molecule has 0 fully saturated rings. The highest BCUT2D eigenvalue weighted by molar-refractivity contribution is 14.1. The van der Waals surface area contributed by atoms with E-state index in [1.165, 1.54) is 12.1 Å². The van der Waals surface area contributed by atoms with Crippen LogP contribution >= 0.6 is 38.5 Å². The highest BCUT2D eigenvalue weighted by Gasteiger charge is 2.17. The molecule has 2 N–H and O–H groups in total. The normalized spacial score (nSPS) is 12.3. The molecule has 0 aliphatic carbocycles. The number of benzene rings is 2. The van der Waals surface area contributed by atoms with E-state index in [0.29, 0.717) is 11.3 Å². The van der Waals surface area contributed by atoms with Crippen LogP contribution in [0.3, 0.4) is 0 Å². The molecule has 1 atom stereocenters. The zero-order valence-electron chi connectivity index (χ0n) is 10.2. The molecule has 0 saturated carbocycles. The van der Waals surface area contributed by atoms with Crippen molar-refractivity contribution in [3.05, 3.63) is 61.4 Å². The fourth-order valence-electron chi connectivity index (χ4n) is 1.87. The van der Waals surface area contributed by atoms with Gasteiger partial charge >= 0.3 is 0 Å². The number of ether oxygens (including phenoxy) is 1. The van der Waals surface area contributed by atoms with Gasteiger partial charge in [0.1, 0.15) is 11.6 Å². The average molecular weight is 436 g/mol. The molecule has 0 aromatic heterocycles. The highest BCUT2D eigenvalue weighted by atomic mass is 127. The quantitative estimate of drug-likeness (QED) is 0.731. The molecule has 5 heteroatoms. The maximum atomic E-state index is 13.4. The third-order valence-corrected chi connectivity index (χ3v) is 4.21. The molecule has 0 aliphatic heterocycles. The van der Waals surface area contributed by atoms with Gasteiger partial charge in [-0.1, -0.05) is 15.9 Å². The maximum absolute atomic E-state index is 13.4. The SMILES string of the molecule is COc1ccc(F)cc1C(N)c1cc(I)ccc1Br.